The number of carbonyl (C=O) groups is 2. The van der Waals surface area contributed by atoms with Crippen molar-refractivity contribution in [2.75, 3.05) is 13.1 Å². The molecule has 2 aliphatic rings. The number of nitrogens with one attached hydrogen (secondary N) is 2. The summed E-state index contributed by atoms with van der Waals surface area (Å²) in [5, 5.41) is 5.25. The number of piperidine rings is 1. The van der Waals surface area contributed by atoms with Crippen LogP contribution in [-0.4, -0.2) is 30.7 Å². The average Bonchev–Trinajstić information content (AvgIpc) is 2.04. The molecule has 0 aromatic heterocycles. The number of hydrogen-bond donors (Lipinski definition) is 2. The van der Waals surface area contributed by atoms with E-state index >= 15 is 0 Å². The zero-order valence-electron chi connectivity index (χ0n) is 6.87. The molecule has 2 aliphatic heterocycles. The van der Waals surface area contributed by atoms with Crippen molar-refractivity contribution in [3.8, 4) is 0 Å². The quantitative estimate of drug-likeness (QED) is 0.568. The normalized spacial score (nSPS) is 26.8. The van der Waals surface area contributed by atoms with Crippen LogP contribution in [0.2, 0.25) is 0 Å². The van der Waals surface area contributed by atoms with Gasteiger partial charge in [0.05, 0.1) is 5.92 Å². The minimum Gasteiger partial charge on any atom is -0.311 e. The highest BCUT2D eigenvalue weighted by Gasteiger charge is 2.32. The van der Waals surface area contributed by atoms with E-state index in [1.54, 1.807) is 0 Å². The summed E-state index contributed by atoms with van der Waals surface area (Å²) in [6.45, 7) is 1.37. The number of carbonyl (C=O) groups excluding carboxylic acids is 2. The Morgan fingerprint density at radius 3 is 2.92 bits per heavy atom. The molecule has 0 aromatic carbocycles. The lowest BCUT2D eigenvalue weighted by Gasteiger charge is -2.26. The molecule has 0 bridgehead atoms. The van der Waals surface area contributed by atoms with Crippen molar-refractivity contribution in [2.24, 2.45) is 10.9 Å². The molecule has 1 fully saturated rings. The highest BCUT2D eigenvalue weighted by atomic mass is 35.5. The highest BCUT2D eigenvalue weighted by molar-refractivity contribution is 6.17. The molecular weight excluding hydrogens is 194 g/mol. The van der Waals surface area contributed by atoms with Gasteiger partial charge in [0.1, 0.15) is 0 Å². The molecule has 13 heavy (non-hydrogen) atoms. The summed E-state index contributed by atoms with van der Waals surface area (Å²) in [5.74, 6) is -0.379. The molecule has 0 radical (unpaired) electrons. The SMILES string of the molecule is Cl.O=C1N=C2CNCCC2C(=O)N1. The summed E-state index contributed by atoms with van der Waals surface area (Å²) in [6, 6.07) is -0.532. The Kier molecular flexibility index (Phi) is 3.00. The van der Waals surface area contributed by atoms with Crippen LogP contribution in [0.5, 0.6) is 0 Å². The van der Waals surface area contributed by atoms with Gasteiger partial charge in [-0.15, -0.1) is 12.4 Å². The van der Waals surface area contributed by atoms with Crippen molar-refractivity contribution in [3.63, 3.8) is 0 Å². The van der Waals surface area contributed by atoms with Gasteiger partial charge >= 0.3 is 6.03 Å². The topological polar surface area (TPSA) is 70.6 Å². The van der Waals surface area contributed by atoms with Crippen LogP contribution < -0.4 is 10.6 Å². The maximum Gasteiger partial charge on any atom is 0.347 e. The van der Waals surface area contributed by atoms with Crippen LogP contribution in [0, 0.1) is 5.92 Å². The Morgan fingerprint density at radius 1 is 1.38 bits per heavy atom. The fraction of sp³-hybridized carbons (Fsp3) is 0.571. The van der Waals surface area contributed by atoms with Crippen LogP contribution in [0.3, 0.4) is 0 Å². The number of rotatable bonds is 0. The fourth-order valence-electron chi connectivity index (χ4n) is 1.50. The molecule has 1 unspecified atom stereocenters. The van der Waals surface area contributed by atoms with Gasteiger partial charge in [-0.2, -0.15) is 0 Å². The lowest BCUT2D eigenvalue weighted by atomic mass is 9.94. The Balaban J connectivity index is 0.000000845. The molecule has 2 heterocycles. The Labute approximate surface area is 81.4 Å². The second kappa shape index (κ2) is 3.85. The molecule has 0 saturated carbocycles. The van der Waals surface area contributed by atoms with Gasteiger partial charge in [0, 0.05) is 12.3 Å². The third kappa shape index (κ3) is 1.87. The van der Waals surface area contributed by atoms with Crippen molar-refractivity contribution < 1.29 is 9.59 Å². The van der Waals surface area contributed by atoms with Gasteiger partial charge in [-0.1, -0.05) is 0 Å². The minimum absolute atomic E-state index is 0. The second-order valence-corrected chi connectivity index (χ2v) is 2.92. The zero-order chi connectivity index (χ0) is 8.55. The number of amides is 3. The van der Waals surface area contributed by atoms with Crippen LogP contribution in [0.1, 0.15) is 6.42 Å². The van der Waals surface area contributed by atoms with E-state index in [0.29, 0.717) is 12.3 Å². The lowest BCUT2D eigenvalue weighted by molar-refractivity contribution is -0.122. The molecule has 1 atom stereocenters. The van der Waals surface area contributed by atoms with Crippen LogP contribution in [-0.2, 0) is 4.79 Å². The monoisotopic (exact) mass is 203 g/mol. The van der Waals surface area contributed by atoms with Crippen LogP contribution in [0.15, 0.2) is 4.99 Å². The number of fused-ring (bicyclic) bond motifs is 1. The maximum absolute atomic E-state index is 11.2. The van der Waals surface area contributed by atoms with Crippen molar-refractivity contribution in [3.05, 3.63) is 0 Å². The first-order valence-corrected chi connectivity index (χ1v) is 3.90. The third-order valence-corrected chi connectivity index (χ3v) is 2.11. The minimum atomic E-state index is -0.532. The first-order chi connectivity index (χ1) is 5.77. The molecule has 3 amide bonds. The number of halogens is 1. The summed E-state index contributed by atoms with van der Waals surface area (Å²) in [6.07, 6.45) is 0.734. The predicted octanol–water partition coefficient (Wildman–Crippen LogP) is -0.292. The Hall–Kier alpha value is -0.940. The van der Waals surface area contributed by atoms with Gasteiger partial charge < -0.3 is 5.32 Å². The van der Waals surface area contributed by atoms with Crippen molar-refractivity contribution >= 4 is 30.1 Å². The van der Waals surface area contributed by atoms with E-state index in [0.717, 1.165) is 13.0 Å². The molecule has 1 saturated heterocycles. The van der Waals surface area contributed by atoms with E-state index in [4.69, 9.17) is 0 Å². The maximum atomic E-state index is 11.2. The van der Waals surface area contributed by atoms with Gasteiger partial charge in [-0.05, 0) is 13.0 Å². The zero-order valence-corrected chi connectivity index (χ0v) is 7.69. The van der Waals surface area contributed by atoms with Crippen molar-refractivity contribution in [1.82, 2.24) is 10.6 Å². The molecule has 6 heteroatoms. The molecule has 2 rings (SSSR count). The molecule has 0 spiro atoms. The van der Waals surface area contributed by atoms with E-state index in [-0.39, 0.29) is 24.2 Å². The number of urea groups is 1. The van der Waals surface area contributed by atoms with Gasteiger partial charge in [-0.3, -0.25) is 10.1 Å². The molecule has 0 aromatic rings. The molecular formula is C7H10ClN3O2. The predicted molar refractivity (Wildman–Crippen MR) is 49.2 cm³/mol. The van der Waals surface area contributed by atoms with Crippen LogP contribution in [0.25, 0.3) is 0 Å². The van der Waals surface area contributed by atoms with Crippen molar-refractivity contribution in [1.29, 1.82) is 0 Å². The summed E-state index contributed by atoms with van der Waals surface area (Å²) in [5.41, 5.74) is 0.676. The second-order valence-electron chi connectivity index (χ2n) is 2.92. The Morgan fingerprint density at radius 2 is 2.15 bits per heavy atom. The van der Waals surface area contributed by atoms with E-state index < -0.39 is 6.03 Å². The number of nitrogens with zero attached hydrogens (tertiary/aromatic N) is 1. The third-order valence-electron chi connectivity index (χ3n) is 2.11. The van der Waals surface area contributed by atoms with Gasteiger partial charge in [0.25, 0.3) is 0 Å². The van der Waals surface area contributed by atoms with Crippen molar-refractivity contribution in [2.45, 2.75) is 6.42 Å². The fourth-order valence-corrected chi connectivity index (χ4v) is 1.50. The van der Waals surface area contributed by atoms with Crippen LogP contribution >= 0.6 is 12.4 Å². The molecule has 2 N–H and O–H groups in total. The summed E-state index contributed by atoms with van der Waals surface area (Å²) >= 11 is 0. The number of aliphatic imine (C=N–C) groups is 1. The smallest absolute Gasteiger partial charge is 0.311 e. The lowest BCUT2D eigenvalue weighted by Crippen LogP contribution is -2.50. The van der Waals surface area contributed by atoms with E-state index in [9.17, 15) is 9.59 Å². The molecule has 0 aliphatic carbocycles. The largest absolute Gasteiger partial charge is 0.347 e. The standard InChI is InChI=1S/C7H9N3O2.ClH/c11-6-4-1-2-8-3-5(4)9-7(12)10-6;/h4,8H,1-3H2,(H,10,11,12);1H. The van der Waals surface area contributed by atoms with Gasteiger partial charge in [-0.25, -0.2) is 9.79 Å². The Bertz CT molecular complexity index is 277. The summed E-state index contributed by atoms with van der Waals surface area (Å²) in [7, 11) is 0. The molecule has 72 valence electrons. The summed E-state index contributed by atoms with van der Waals surface area (Å²) in [4.78, 5) is 25.7. The van der Waals surface area contributed by atoms with E-state index in [1.165, 1.54) is 0 Å². The first kappa shape index (κ1) is 10.1. The first-order valence-electron chi connectivity index (χ1n) is 3.90. The number of imide groups is 1. The average molecular weight is 204 g/mol. The van der Waals surface area contributed by atoms with Crippen LogP contribution in [0.4, 0.5) is 4.79 Å². The molecule has 5 nitrogen and oxygen atoms in total. The highest BCUT2D eigenvalue weighted by Crippen LogP contribution is 2.13. The van der Waals surface area contributed by atoms with Gasteiger partial charge in [0.2, 0.25) is 5.91 Å². The van der Waals surface area contributed by atoms with Gasteiger partial charge in [0.15, 0.2) is 0 Å². The van der Waals surface area contributed by atoms with E-state index in [2.05, 4.69) is 15.6 Å². The number of hydrogen-bond acceptors (Lipinski definition) is 3. The van der Waals surface area contributed by atoms with E-state index in [1.807, 2.05) is 0 Å². The summed E-state index contributed by atoms with van der Waals surface area (Å²) < 4.78 is 0.